The third-order valence-electron chi connectivity index (χ3n) is 3.35. The topological polar surface area (TPSA) is 12.0 Å². The Balaban J connectivity index is 2.12. The highest BCUT2D eigenvalue weighted by Gasteiger charge is 2.13. The van der Waals surface area contributed by atoms with Crippen molar-refractivity contribution >= 4 is 0 Å². The summed E-state index contributed by atoms with van der Waals surface area (Å²) < 4.78 is 52.8. The minimum atomic E-state index is -0.917. The molecule has 1 N–H and O–H groups in total. The zero-order valence-corrected chi connectivity index (χ0v) is 11.5. The fourth-order valence-electron chi connectivity index (χ4n) is 2.19. The van der Waals surface area contributed by atoms with Crippen LogP contribution in [0.5, 0.6) is 0 Å². The molecule has 0 amide bonds. The molecule has 0 aliphatic heterocycles. The van der Waals surface area contributed by atoms with Gasteiger partial charge < -0.3 is 5.32 Å². The number of benzene rings is 2. The van der Waals surface area contributed by atoms with Crippen LogP contribution in [0.1, 0.15) is 11.1 Å². The summed E-state index contributed by atoms with van der Waals surface area (Å²) in [6.07, 6.45) is 0.628. The molecule has 0 fully saturated rings. The molecule has 1 nitrogen and oxygen atoms in total. The highest BCUT2D eigenvalue weighted by Crippen LogP contribution is 2.15. The molecule has 2 rings (SSSR count). The second kappa shape index (κ2) is 6.72. The van der Waals surface area contributed by atoms with Gasteiger partial charge in [0.2, 0.25) is 0 Å². The van der Waals surface area contributed by atoms with Gasteiger partial charge in [-0.05, 0) is 61.3 Å². The van der Waals surface area contributed by atoms with Crippen LogP contribution in [0, 0.1) is 23.3 Å². The maximum absolute atomic E-state index is 13.6. The maximum atomic E-state index is 13.6. The molecule has 2 aromatic carbocycles. The minimum Gasteiger partial charge on any atom is -0.316 e. The summed E-state index contributed by atoms with van der Waals surface area (Å²) in [5.74, 6) is -2.81. The first kappa shape index (κ1) is 15.5. The monoisotopic (exact) mass is 297 g/mol. The van der Waals surface area contributed by atoms with Gasteiger partial charge in [0.1, 0.15) is 11.6 Å². The van der Waals surface area contributed by atoms with Gasteiger partial charge in [-0.15, -0.1) is 0 Å². The molecule has 0 aliphatic rings. The van der Waals surface area contributed by atoms with Crippen molar-refractivity contribution in [1.29, 1.82) is 0 Å². The van der Waals surface area contributed by atoms with Crippen LogP contribution in [-0.2, 0) is 12.8 Å². The summed E-state index contributed by atoms with van der Waals surface area (Å²) in [5, 5.41) is 2.97. The van der Waals surface area contributed by atoms with Crippen LogP contribution in [0.15, 0.2) is 36.4 Å². The van der Waals surface area contributed by atoms with Gasteiger partial charge in [-0.1, -0.05) is 6.07 Å². The molecule has 0 radical (unpaired) electrons. The minimum absolute atomic E-state index is 0.217. The van der Waals surface area contributed by atoms with Crippen molar-refractivity contribution in [2.24, 2.45) is 0 Å². The van der Waals surface area contributed by atoms with E-state index in [9.17, 15) is 17.6 Å². The molecule has 0 bridgehead atoms. The Kier molecular flexibility index (Phi) is 4.96. The average molecular weight is 297 g/mol. The molecule has 0 aliphatic carbocycles. The van der Waals surface area contributed by atoms with Gasteiger partial charge in [-0.25, -0.2) is 17.6 Å². The molecule has 0 spiro atoms. The van der Waals surface area contributed by atoms with E-state index in [0.717, 1.165) is 30.3 Å². The van der Waals surface area contributed by atoms with E-state index >= 15 is 0 Å². The van der Waals surface area contributed by atoms with Crippen molar-refractivity contribution in [3.8, 4) is 0 Å². The van der Waals surface area contributed by atoms with Gasteiger partial charge in [0, 0.05) is 6.04 Å². The molecule has 1 unspecified atom stereocenters. The average Bonchev–Trinajstić information content (AvgIpc) is 2.46. The number of hydrogen-bond donors (Lipinski definition) is 1. The fraction of sp³-hybridized carbons (Fsp3) is 0.250. The van der Waals surface area contributed by atoms with Crippen molar-refractivity contribution in [1.82, 2.24) is 5.32 Å². The van der Waals surface area contributed by atoms with Crippen molar-refractivity contribution in [2.45, 2.75) is 18.9 Å². The second-order valence-electron chi connectivity index (χ2n) is 4.88. The van der Waals surface area contributed by atoms with E-state index in [-0.39, 0.29) is 18.0 Å². The van der Waals surface area contributed by atoms with Gasteiger partial charge in [-0.2, -0.15) is 0 Å². The lowest BCUT2D eigenvalue weighted by molar-refractivity contribution is 0.500. The predicted molar refractivity (Wildman–Crippen MR) is 73.0 cm³/mol. The van der Waals surface area contributed by atoms with Crippen molar-refractivity contribution in [3.05, 3.63) is 70.8 Å². The smallest absolute Gasteiger partial charge is 0.159 e. The molecular formula is C16H15F4N. The van der Waals surface area contributed by atoms with E-state index in [0.29, 0.717) is 12.0 Å². The number of hydrogen-bond acceptors (Lipinski definition) is 1. The van der Waals surface area contributed by atoms with E-state index in [1.54, 1.807) is 7.05 Å². The number of nitrogens with one attached hydrogen (secondary N) is 1. The van der Waals surface area contributed by atoms with E-state index in [1.165, 1.54) is 6.07 Å². The van der Waals surface area contributed by atoms with Gasteiger partial charge in [-0.3, -0.25) is 0 Å². The highest BCUT2D eigenvalue weighted by atomic mass is 19.2. The molecule has 2 aromatic rings. The number of rotatable bonds is 5. The van der Waals surface area contributed by atoms with Crippen LogP contribution in [0.4, 0.5) is 17.6 Å². The Hall–Kier alpha value is -1.88. The third kappa shape index (κ3) is 4.04. The molecule has 0 saturated heterocycles. The number of halogens is 4. The Morgan fingerprint density at radius 2 is 1.57 bits per heavy atom. The molecule has 0 saturated carbocycles. The standard InChI is InChI=1S/C16H15F4N/c1-21-13(6-10-2-4-15(19)16(20)7-10)9-11-8-12(17)3-5-14(11)18/h2-5,7-8,13,21H,6,9H2,1H3. The van der Waals surface area contributed by atoms with E-state index < -0.39 is 23.3 Å². The summed E-state index contributed by atoms with van der Waals surface area (Å²) in [5.41, 5.74) is 0.835. The van der Waals surface area contributed by atoms with Crippen LogP contribution in [0.25, 0.3) is 0 Å². The Bertz CT molecular complexity index is 628. The molecule has 21 heavy (non-hydrogen) atoms. The molecule has 0 heterocycles. The molecule has 0 aromatic heterocycles. The fourth-order valence-corrected chi connectivity index (χ4v) is 2.19. The van der Waals surface area contributed by atoms with Crippen molar-refractivity contribution < 1.29 is 17.6 Å². The Labute approximate surface area is 120 Å². The normalized spacial score (nSPS) is 12.4. The SMILES string of the molecule is CNC(Cc1ccc(F)c(F)c1)Cc1cc(F)ccc1F. The van der Waals surface area contributed by atoms with E-state index in [4.69, 9.17) is 0 Å². The lowest BCUT2D eigenvalue weighted by atomic mass is 9.98. The third-order valence-corrected chi connectivity index (χ3v) is 3.35. The first-order valence-corrected chi connectivity index (χ1v) is 6.54. The zero-order chi connectivity index (χ0) is 15.4. The largest absolute Gasteiger partial charge is 0.316 e. The quantitative estimate of drug-likeness (QED) is 0.831. The molecule has 5 heteroatoms. The lowest BCUT2D eigenvalue weighted by Crippen LogP contribution is -2.30. The highest BCUT2D eigenvalue weighted by molar-refractivity contribution is 5.22. The predicted octanol–water partition coefficient (Wildman–Crippen LogP) is 3.62. The molecule has 112 valence electrons. The molecular weight excluding hydrogens is 282 g/mol. The molecule has 1 atom stereocenters. The van der Waals surface area contributed by atoms with Crippen LogP contribution in [-0.4, -0.2) is 13.1 Å². The van der Waals surface area contributed by atoms with Crippen LogP contribution in [0.3, 0.4) is 0 Å². The van der Waals surface area contributed by atoms with E-state index in [1.807, 2.05) is 0 Å². The van der Waals surface area contributed by atoms with Gasteiger partial charge in [0.05, 0.1) is 0 Å². The van der Waals surface area contributed by atoms with Crippen LogP contribution in [0.2, 0.25) is 0 Å². The Morgan fingerprint density at radius 3 is 2.24 bits per heavy atom. The summed E-state index contributed by atoms with van der Waals surface area (Å²) in [6.45, 7) is 0. The Morgan fingerprint density at radius 1 is 0.857 bits per heavy atom. The number of likely N-dealkylation sites (N-methyl/N-ethyl adjacent to an activating group) is 1. The van der Waals surface area contributed by atoms with Crippen LogP contribution < -0.4 is 5.32 Å². The van der Waals surface area contributed by atoms with Gasteiger partial charge in [0.15, 0.2) is 11.6 Å². The first-order valence-electron chi connectivity index (χ1n) is 6.54. The maximum Gasteiger partial charge on any atom is 0.159 e. The van der Waals surface area contributed by atoms with Crippen molar-refractivity contribution in [2.75, 3.05) is 7.05 Å². The summed E-state index contributed by atoms with van der Waals surface area (Å²) in [7, 11) is 1.68. The lowest BCUT2D eigenvalue weighted by Gasteiger charge is -2.17. The second-order valence-corrected chi connectivity index (χ2v) is 4.88. The van der Waals surface area contributed by atoms with E-state index in [2.05, 4.69) is 5.32 Å². The zero-order valence-electron chi connectivity index (χ0n) is 11.5. The van der Waals surface area contributed by atoms with Gasteiger partial charge in [0.25, 0.3) is 0 Å². The van der Waals surface area contributed by atoms with Crippen LogP contribution >= 0.6 is 0 Å². The first-order chi connectivity index (χ1) is 9.99. The van der Waals surface area contributed by atoms with Gasteiger partial charge >= 0.3 is 0 Å². The summed E-state index contributed by atoms with van der Waals surface area (Å²) in [4.78, 5) is 0. The van der Waals surface area contributed by atoms with Crippen molar-refractivity contribution in [3.63, 3.8) is 0 Å². The summed E-state index contributed by atoms with van der Waals surface area (Å²) >= 11 is 0. The summed E-state index contributed by atoms with van der Waals surface area (Å²) in [6, 6.07) is 6.71.